The molecule has 3 aromatic rings. The molecule has 7 nitrogen and oxygen atoms in total. The zero-order valence-corrected chi connectivity index (χ0v) is 19.5. The van der Waals surface area contributed by atoms with Gasteiger partial charge in [-0.1, -0.05) is 6.07 Å². The van der Waals surface area contributed by atoms with E-state index in [1.165, 1.54) is 5.56 Å². The monoisotopic (exact) mass is 458 g/mol. The van der Waals surface area contributed by atoms with Crippen LogP contribution in [0.2, 0.25) is 0 Å². The van der Waals surface area contributed by atoms with E-state index in [4.69, 9.17) is 9.72 Å². The van der Waals surface area contributed by atoms with Gasteiger partial charge in [-0.25, -0.2) is 4.98 Å². The van der Waals surface area contributed by atoms with Gasteiger partial charge < -0.3 is 15.2 Å². The molecule has 4 heterocycles. The van der Waals surface area contributed by atoms with Crippen LogP contribution in [0.3, 0.4) is 0 Å². The number of ether oxygens (including phenoxy) is 1. The second-order valence-electron chi connectivity index (χ2n) is 9.29. The third kappa shape index (κ3) is 5.00. The first-order valence-electron chi connectivity index (χ1n) is 12.0. The molecule has 34 heavy (non-hydrogen) atoms. The number of hydrogen-bond acceptors (Lipinski definition) is 6. The summed E-state index contributed by atoms with van der Waals surface area (Å²) in [6.45, 7) is 2.80. The van der Waals surface area contributed by atoms with E-state index in [9.17, 15) is 9.90 Å². The molecule has 2 atom stereocenters. The molecule has 7 heteroatoms. The molecule has 0 radical (unpaired) electrons. The molecule has 1 aliphatic heterocycles. The van der Waals surface area contributed by atoms with Crippen molar-refractivity contribution in [1.82, 2.24) is 20.3 Å². The van der Waals surface area contributed by atoms with Crippen molar-refractivity contribution in [3.05, 3.63) is 76.5 Å². The van der Waals surface area contributed by atoms with E-state index < -0.39 is 6.10 Å². The number of amides is 1. The van der Waals surface area contributed by atoms with Gasteiger partial charge in [0.25, 0.3) is 5.91 Å². The molecule has 1 amide bonds. The first-order valence-corrected chi connectivity index (χ1v) is 12.0. The lowest BCUT2D eigenvalue weighted by atomic mass is 9.89. The van der Waals surface area contributed by atoms with E-state index in [2.05, 4.69) is 27.4 Å². The van der Waals surface area contributed by atoms with Crippen molar-refractivity contribution < 1.29 is 14.6 Å². The molecule has 176 valence electrons. The number of carbonyl (C=O) groups is 1. The molecular weight excluding hydrogens is 428 g/mol. The number of aliphatic hydroxyl groups excluding tert-OH is 1. The van der Waals surface area contributed by atoms with E-state index in [0.29, 0.717) is 25.1 Å². The topological polar surface area (TPSA) is 97.2 Å². The summed E-state index contributed by atoms with van der Waals surface area (Å²) in [4.78, 5) is 26.7. The number of nitrogens with one attached hydrogen (secondary N) is 1. The highest BCUT2D eigenvalue weighted by molar-refractivity contribution is 5.93. The van der Waals surface area contributed by atoms with Crippen LogP contribution in [0.25, 0.3) is 11.3 Å². The van der Waals surface area contributed by atoms with Crippen molar-refractivity contribution in [2.24, 2.45) is 0 Å². The van der Waals surface area contributed by atoms with Crippen LogP contribution >= 0.6 is 0 Å². The molecular formula is C27H30N4O3. The number of pyridine rings is 3. The van der Waals surface area contributed by atoms with Crippen LogP contribution in [-0.4, -0.2) is 51.3 Å². The highest BCUT2D eigenvalue weighted by atomic mass is 16.5. The molecule has 0 bridgehead atoms. The number of fused-ring (bicyclic) bond motifs is 1. The Morgan fingerprint density at radius 2 is 2.06 bits per heavy atom. The first kappa shape index (κ1) is 22.6. The molecule has 2 N–H and O–H groups in total. The Balaban J connectivity index is 1.39. The van der Waals surface area contributed by atoms with Gasteiger partial charge in [0, 0.05) is 36.5 Å². The zero-order chi connectivity index (χ0) is 23.5. The Kier molecular flexibility index (Phi) is 6.65. The maximum Gasteiger partial charge on any atom is 0.270 e. The minimum absolute atomic E-state index is 0.235. The van der Waals surface area contributed by atoms with Crippen LogP contribution < -0.4 is 5.32 Å². The van der Waals surface area contributed by atoms with Gasteiger partial charge in [0.05, 0.1) is 24.4 Å². The number of hydrogen-bond donors (Lipinski definition) is 2. The number of aromatic nitrogens is 3. The molecule has 0 saturated carbocycles. The third-order valence-electron chi connectivity index (χ3n) is 6.66. The molecule has 3 aromatic heterocycles. The minimum Gasteiger partial charge on any atom is -0.389 e. The second kappa shape index (κ2) is 9.99. The van der Waals surface area contributed by atoms with Gasteiger partial charge in [-0.2, -0.15) is 0 Å². The summed E-state index contributed by atoms with van der Waals surface area (Å²) >= 11 is 0. The Morgan fingerprint density at radius 3 is 2.85 bits per heavy atom. The zero-order valence-electron chi connectivity index (χ0n) is 19.5. The molecule has 2 aliphatic rings. The number of nitrogens with zero attached hydrogens (tertiary/aromatic N) is 3. The quantitative estimate of drug-likeness (QED) is 0.610. The average molecular weight is 459 g/mol. The lowest BCUT2D eigenvalue weighted by Gasteiger charge is -2.28. The Hall–Kier alpha value is -3.16. The summed E-state index contributed by atoms with van der Waals surface area (Å²) in [7, 11) is 0. The van der Waals surface area contributed by atoms with Crippen molar-refractivity contribution in [3.8, 4) is 11.3 Å². The van der Waals surface area contributed by atoms with Gasteiger partial charge in [0.1, 0.15) is 5.69 Å². The Labute approximate surface area is 199 Å². The smallest absolute Gasteiger partial charge is 0.270 e. The molecule has 1 fully saturated rings. The third-order valence-corrected chi connectivity index (χ3v) is 6.66. The number of rotatable bonds is 5. The Bertz CT molecular complexity index is 1180. The summed E-state index contributed by atoms with van der Waals surface area (Å²) < 4.78 is 5.28. The fraction of sp³-hybridized carbons (Fsp3) is 0.407. The normalized spacial score (nSPS) is 19.9. The van der Waals surface area contributed by atoms with E-state index in [1.54, 1.807) is 0 Å². The predicted molar refractivity (Wildman–Crippen MR) is 129 cm³/mol. The standard InChI is InChI=1S/C27H30N4O3/c1-17-10-20(15-28-13-17)22-7-6-18(14-29-22)11-19-12-25(30-23-5-3-2-4-21(19)23)27(33)31-24-8-9-34-16-26(24)32/h6-7,10,12-15,24,26,32H,2-5,8-9,11,16H2,1H3,(H,31,33)/t24-,26-/m0/s1. The molecule has 0 spiro atoms. The predicted octanol–water partition coefficient (Wildman–Crippen LogP) is 3.20. The molecule has 1 aliphatic carbocycles. The SMILES string of the molecule is Cc1cncc(-c2ccc(Cc3cc(C(=O)N[C@H]4CCOC[C@@H]4O)nc4c3CCCC4)cn2)c1. The van der Waals surface area contributed by atoms with Crippen LogP contribution in [-0.2, 0) is 24.0 Å². The second-order valence-corrected chi connectivity index (χ2v) is 9.29. The van der Waals surface area contributed by atoms with Gasteiger partial charge in [0.2, 0.25) is 0 Å². The van der Waals surface area contributed by atoms with Crippen LogP contribution in [0.1, 0.15) is 57.7 Å². The fourth-order valence-corrected chi connectivity index (χ4v) is 4.81. The molecule has 1 saturated heterocycles. The first-order chi connectivity index (χ1) is 16.6. The largest absolute Gasteiger partial charge is 0.389 e. The van der Waals surface area contributed by atoms with Gasteiger partial charge >= 0.3 is 0 Å². The van der Waals surface area contributed by atoms with E-state index in [-0.39, 0.29) is 18.6 Å². The van der Waals surface area contributed by atoms with Gasteiger partial charge in [-0.05, 0) is 85.9 Å². The maximum absolute atomic E-state index is 13.0. The van der Waals surface area contributed by atoms with Crippen molar-refractivity contribution in [2.75, 3.05) is 13.2 Å². The average Bonchev–Trinajstić information content (AvgIpc) is 2.86. The van der Waals surface area contributed by atoms with Gasteiger partial charge in [-0.3, -0.25) is 14.8 Å². The highest BCUT2D eigenvalue weighted by Gasteiger charge is 2.27. The highest BCUT2D eigenvalue weighted by Crippen LogP contribution is 2.27. The van der Waals surface area contributed by atoms with Crippen LogP contribution in [0.5, 0.6) is 0 Å². The van der Waals surface area contributed by atoms with Crippen LogP contribution in [0.15, 0.2) is 42.9 Å². The maximum atomic E-state index is 13.0. The molecule has 0 unspecified atom stereocenters. The summed E-state index contributed by atoms with van der Waals surface area (Å²) in [6, 6.07) is 7.81. The molecule has 5 rings (SSSR count). The van der Waals surface area contributed by atoms with Crippen molar-refractivity contribution in [3.63, 3.8) is 0 Å². The lowest BCUT2D eigenvalue weighted by molar-refractivity contribution is -0.0261. The Morgan fingerprint density at radius 1 is 1.18 bits per heavy atom. The van der Waals surface area contributed by atoms with Gasteiger partial charge in [-0.15, -0.1) is 0 Å². The summed E-state index contributed by atoms with van der Waals surface area (Å²) in [5.41, 5.74) is 7.94. The van der Waals surface area contributed by atoms with E-state index in [0.717, 1.165) is 59.3 Å². The summed E-state index contributed by atoms with van der Waals surface area (Å²) in [6.07, 6.45) is 10.3. The lowest BCUT2D eigenvalue weighted by Crippen LogP contribution is -2.48. The fourth-order valence-electron chi connectivity index (χ4n) is 4.81. The van der Waals surface area contributed by atoms with Crippen molar-refractivity contribution >= 4 is 5.91 Å². The van der Waals surface area contributed by atoms with Crippen LogP contribution in [0, 0.1) is 6.92 Å². The van der Waals surface area contributed by atoms with Crippen molar-refractivity contribution in [1.29, 1.82) is 0 Å². The number of aliphatic hydroxyl groups is 1. The van der Waals surface area contributed by atoms with Gasteiger partial charge in [0.15, 0.2) is 0 Å². The summed E-state index contributed by atoms with van der Waals surface area (Å²) in [5.74, 6) is -0.235. The minimum atomic E-state index is -0.692. The van der Waals surface area contributed by atoms with E-state index in [1.807, 2.05) is 37.6 Å². The molecule has 0 aromatic carbocycles. The number of aryl methyl sites for hydroxylation is 2. The van der Waals surface area contributed by atoms with Crippen LogP contribution in [0.4, 0.5) is 0 Å². The van der Waals surface area contributed by atoms with Crippen molar-refractivity contribution in [2.45, 2.75) is 57.6 Å². The summed E-state index contributed by atoms with van der Waals surface area (Å²) in [5, 5.41) is 13.1. The van der Waals surface area contributed by atoms with E-state index >= 15 is 0 Å². The number of carbonyl (C=O) groups excluding carboxylic acids is 1.